The van der Waals surface area contributed by atoms with Crippen molar-refractivity contribution in [3.63, 3.8) is 0 Å². The number of imidazole rings is 1. The lowest BCUT2D eigenvalue weighted by Crippen LogP contribution is -2.49. The zero-order valence-corrected chi connectivity index (χ0v) is 10.7. The van der Waals surface area contributed by atoms with E-state index >= 15 is 0 Å². The zero-order valence-electron chi connectivity index (χ0n) is 10.7. The molecule has 0 saturated heterocycles. The van der Waals surface area contributed by atoms with Crippen LogP contribution in [0.3, 0.4) is 0 Å². The largest absolute Gasteiger partial charge is 0.737 e. The van der Waals surface area contributed by atoms with Crippen LogP contribution < -0.4 is 0 Å². The summed E-state index contributed by atoms with van der Waals surface area (Å²) in [5, 5.41) is 0. The quantitative estimate of drug-likeness (QED) is 0.728. The van der Waals surface area contributed by atoms with E-state index in [1.165, 1.54) is 12.4 Å². The Balaban J connectivity index is 2.10. The van der Waals surface area contributed by atoms with Crippen molar-refractivity contribution >= 4 is 18.8 Å². The van der Waals surface area contributed by atoms with Gasteiger partial charge < -0.3 is 22.2 Å². The molecule has 0 aliphatic carbocycles. The number of fused-ring (bicyclic) bond motifs is 2. The minimum atomic E-state index is -3.83. The lowest BCUT2D eigenvalue weighted by molar-refractivity contribution is -0.356. The average Bonchev–Trinajstić information content (AvgIpc) is 3.11. The summed E-state index contributed by atoms with van der Waals surface area (Å²) in [6.45, 7) is -3.83. The maximum atomic E-state index is 14.5. The van der Waals surface area contributed by atoms with Crippen molar-refractivity contribution in [3.05, 3.63) is 60.1 Å². The minimum absolute atomic E-state index is 0.518. The molecule has 0 spiro atoms. The molecule has 0 radical (unpaired) electrons. The van der Waals surface area contributed by atoms with Gasteiger partial charge in [-0.15, -0.1) is 0 Å². The highest BCUT2D eigenvalue weighted by molar-refractivity contribution is 6.57. The van der Waals surface area contributed by atoms with Crippen molar-refractivity contribution in [2.24, 2.45) is 7.05 Å². The number of aromatic nitrogens is 3. The highest BCUT2D eigenvalue weighted by atomic mass is 19.2. The number of hydrogen-bond acceptors (Lipinski definition) is 1. The Hall–Kier alpha value is -2.44. The van der Waals surface area contributed by atoms with Crippen molar-refractivity contribution in [2.75, 3.05) is 0 Å². The number of rotatable bonds is 1. The molecule has 0 aromatic carbocycles. The first-order valence-electron chi connectivity index (χ1n) is 6.31. The number of nitrogens with zero attached hydrogens (tertiary/aromatic N) is 4. The minimum Gasteiger partial charge on any atom is -0.396 e. The van der Waals surface area contributed by atoms with Crippen LogP contribution in [0.5, 0.6) is 0 Å². The summed E-state index contributed by atoms with van der Waals surface area (Å²) < 4.78 is 33.0. The number of hydrogen-bond donors (Lipinski definition) is 0. The second kappa shape index (κ2) is 3.56. The highest BCUT2D eigenvalue weighted by Gasteiger charge is 2.51. The molecule has 7 heteroatoms. The van der Waals surface area contributed by atoms with E-state index in [-0.39, 0.29) is 0 Å². The Kier molecular flexibility index (Phi) is 2.03. The first-order valence-corrected chi connectivity index (χ1v) is 6.31. The van der Waals surface area contributed by atoms with Crippen LogP contribution in [0.1, 0.15) is 11.4 Å². The molecule has 2 aliphatic heterocycles. The second-order valence-electron chi connectivity index (χ2n) is 4.95. The number of aryl methyl sites for hydroxylation is 1. The van der Waals surface area contributed by atoms with Crippen molar-refractivity contribution in [3.8, 4) is 0 Å². The molecule has 2 aliphatic rings. The summed E-state index contributed by atoms with van der Waals surface area (Å²) in [4.78, 5) is 4.09. The number of halogens is 2. The SMILES string of the molecule is Cn1cncc1C1=C2C=CC=[N+]2[B-](F)(F)n2cccc21. The Morgan fingerprint density at radius 1 is 1.30 bits per heavy atom. The van der Waals surface area contributed by atoms with E-state index in [4.69, 9.17) is 0 Å². The van der Waals surface area contributed by atoms with Crippen LogP contribution in [0.4, 0.5) is 8.63 Å². The summed E-state index contributed by atoms with van der Waals surface area (Å²) in [7, 11) is 1.85. The molecule has 0 unspecified atom stereocenters. The topological polar surface area (TPSA) is 25.8 Å². The molecule has 0 amide bonds. The molecule has 2 aromatic rings. The van der Waals surface area contributed by atoms with Gasteiger partial charge in [0.2, 0.25) is 0 Å². The average molecular weight is 272 g/mol. The highest BCUT2D eigenvalue weighted by Crippen LogP contribution is 2.37. The van der Waals surface area contributed by atoms with E-state index in [9.17, 15) is 8.63 Å². The van der Waals surface area contributed by atoms with Crippen LogP contribution in [0.15, 0.2) is 48.7 Å². The maximum absolute atomic E-state index is 14.5. The summed E-state index contributed by atoms with van der Waals surface area (Å²) in [6.07, 6.45) is 9.58. The molecule has 20 heavy (non-hydrogen) atoms. The Morgan fingerprint density at radius 2 is 2.15 bits per heavy atom. The van der Waals surface area contributed by atoms with Gasteiger partial charge in [0.25, 0.3) is 0 Å². The van der Waals surface area contributed by atoms with Crippen LogP contribution in [0.25, 0.3) is 5.57 Å². The predicted molar refractivity (Wildman–Crippen MR) is 72.5 cm³/mol. The van der Waals surface area contributed by atoms with Crippen molar-refractivity contribution in [1.29, 1.82) is 0 Å². The van der Waals surface area contributed by atoms with E-state index in [1.54, 1.807) is 36.8 Å². The van der Waals surface area contributed by atoms with Crippen LogP contribution in [-0.2, 0) is 7.05 Å². The molecule has 4 rings (SSSR count). The van der Waals surface area contributed by atoms with Crippen LogP contribution in [-0.4, -0.2) is 31.7 Å². The Labute approximate surface area is 114 Å². The fourth-order valence-corrected chi connectivity index (χ4v) is 2.88. The van der Waals surface area contributed by atoms with E-state index in [0.717, 1.165) is 20.2 Å². The first kappa shape index (κ1) is 11.4. The molecular weight excluding hydrogens is 261 g/mol. The lowest BCUT2D eigenvalue weighted by atomic mass is 9.88. The normalized spacial score (nSPS) is 19.1. The molecule has 0 bridgehead atoms. The summed E-state index contributed by atoms with van der Waals surface area (Å²) in [5.41, 5.74) is 2.62. The summed E-state index contributed by atoms with van der Waals surface area (Å²) in [6, 6.07) is 3.36. The monoisotopic (exact) mass is 272 g/mol. The molecule has 0 fully saturated rings. The van der Waals surface area contributed by atoms with E-state index in [2.05, 4.69) is 4.98 Å². The van der Waals surface area contributed by atoms with Gasteiger partial charge in [-0.25, -0.2) is 4.98 Å². The fraction of sp³-hybridized carbons (Fsp3) is 0.0769. The van der Waals surface area contributed by atoms with Crippen LogP contribution in [0.2, 0.25) is 0 Å². The third kappa shape index (κ3) is 1.24. The standard InChI is InChI=1S/C13H11BF2N4/c1-18-9-17-8-12(18)13-10-4-2-6-19(10)14(15,16)20-7-3-5-11(13)20/h2-9H,1H3. The third-order valence-electron chi connectivity index (χ3n) is 3.81. The van der Waals surface area contributed by atoms with Gasteiger partial charge >= 0.3 is 6.97 Å². The molecule has 4 heterocycles. The maximum Gasteiger partial charge on any atom is 0.737 e. The van der Waals surface area contributed by atoms with Gasteiger partial charge in [-0.2, -0.15) is 0 Å². The van der Waals surface area contributed by atoms with Gasteiger partial charge in [0.1, 0.15) is 6.21 Å². The van der Waals surface area contributed by atoms with Gasteiger partial charge in [-0.3, -0.25) is 0 Å². The predicted octanol–water partition coefficient (Wildman–Crippen LogP) is 1.87. The third-order valence-corrected chi connectivity index (χ3v) is 3.81. The van der Waals surface area contributed by atoms with E-state index in [0.29, 0.717) is 11.4 Å². The van der Waals surface area contributed by atoms with E-state index in [1.807, 2.05) is 11.6 Å². The van der Waals surface area contributed by atoms with Crippen molar-refractivity contribution < 1.29 is 13.1 Å². The van der Waals surface area contributed by atoms with Gasteiger partial charge in [-0.05, 0) is 18.3 Å². The molecular formula is C13H11BF2N4. The summed E-state index contributed by atoms with van der Waals surface area (Å²) >= 11 is 0. The summed E-state index contributed by atoms with van der Waals surface area (Å²) in [5.74, 6) is 0. The van der Waals surface area contributed by atoms with Gasteiger partial charge in [0, 0.05) is 24.9 Å². The van der Waals surface area contributed by atoms with E-state index < -0.39 is 6.97 Å². The van der Waals surface area contributed by atoms with Crippen molar-refractivity contribution in [2.45, 2.75) is 0 Å². The second-order valence-corrected chi connectivity index (χ2v) is 4.95. The fourth-order valence-electron chi connectivity index (χ4n) is 2.88. The first-order chi connectivity index (χ1) is 9.60. The molecule has 0 atom stereocenters. The van der Waals surface area contributed by atoms with Gasteiger partial charge in [0.15, 0.2) is 5.70 Å². The molecule has 0 N–H and O–H groups in total. The van der Waals surface area contributed by atoms with Gasteiger partial charge in [0.05, 0.1) is 23.8 Å². The lowest BCUT2D eigenvalue weighted by Gasteiger charge is -2.30. The van der Waals surface area contributed by atoms with Crippen LogP contribution in [0, 0.1) is 0 Å². The smallest absolute Gasteiger partial charge is 0.396 e. The number of allylic oxidation sites excluding steroid dienone is 2. The Morgan fingerprint density at radius 3 is 2.90 bits per heavy atom. The van der Waals surface area contributed by atoms with Gasteiger partial charge in [-0.1, -0.05) is 0 Å². The van der Waals surface area contributed by atoms with Crippen LogP contribution >= 0.6 is 0 Å². The zero-order chi connectivity index (χ0) is 13.9. The molecule has 4 nitrogen and oxygen atoms in total. The Bertz CT molecular complexity index is 810. The molecule has 100 valence electrons. The molecule has 0 saturated carbocycles. The van der Waals surface area contributed by atoms with Crippen molar-refractivity contribution in [1.82, 2.24) is 14.0 Å². The molecule has 2 aromatic heterocycles.